The highest BCUT2D eigenvalue weighted by Gasteiger charge is 2.23. The lowest BCUT2D eigenvalue weighted by Gasteiger charge is -2.22. The van der Waals surface area contributed by atoms with Crippen LogP contribution >= 0.6 is 11.3 Å². The molecule has 0 saturated carbocycles. The zero-order chi connectivity index (χ0) is 23.3. The highest BCUT2D eigenvalue weighted by Crippen LogP contribution is 2.32. The van der Waals surface area contributed by atoms with Crippen LogP contribution < -0.4 is 23.8 Å². The maximum absolute atomic E-state index is 12.6. The average Bonchev–Trinajstić information content (AvgIpc) is 3.24. The summed E-state index contributed by atoms with van der Waals surface area (Å²) >= 11 is 1.17. The SMILES string of the molecule is COc1ccc(-c2nnc(NC(=O)CN(c3ccc(OC)c(OC)c3)S(C)(=O)=O)s2)cc1. The zero-order valence-corrected chi connectivity index (χ0v) is 19.5. The molecule has 32 heavy (non-hydrogen) atoms. The van der Waals surface area contributed by atoms with Crippen LogP contribution in [0.1, 0.15) is 0 Å². The van der Waals surface area contributed by atoms with Gasteiger partial charge < -0.3 is 14.2 Å². The van der Waals surface area contributed by atoms with E-state index in [0.29, 0.717) is 22.3 Å². The second kappa shape index (κ2) is 9.83. The van der Waals surface area contributed by atoms with E-state index < -0.39 is 22.5 Å². The normalized spacial score (nSPS) is 11.0. The Morgan fingerprint density at radius 2 is 1.69 bits per heavy atom. The monoisotopic (exact) mass is 478 g/mol. The van der Waals surface area contributed by atoms with Gasteiger partial charge in [-0.25, -0.2) is 8.42 Å². The summed E-state index contributed by atoms with van der Waals surface area (Å²) < 4.78 is 41.2. The molecule has 0 fully saturated rings. The Labute approximate surface area is 189 Å². The quantitative estimate of drug-likeness (QED) is 0.498. The Hall–Kier alpha value is -3.38. The van der Waals surface area contributed by atoms with E-state index >= 15 is 0 Å². The molecule has 0 spiro atoms. The molecule has 0 saturated heterocycles. The highest BCUT2D eigenvalue weighted by molar-refractivity contribution is 7.92. The summed E-state index contributed by atoms with van der Waals surface area (Å²) in [5, 5.41) is 11.5. The first-order valence-corrected chi connectivity index (χ1v) is 11.9. The minimum atomic E-state index is -3.76. The first-order valence-electron chi connectivity index (χ1n) is 9.22. The number of hydrogen-bond acceptors (Lipinski definition) is 9. The van der Waals surface area contributed by atoms with E-state index in [4.69, 9.17) is 14.2 Å². The molecule has 0 radical (unpaired) electrons. The summed E-state index contributed by atoms with van der Waals surface area (Å²) in [5.74, 6) is 0.923. The van der Waals surface area contributed by atoms with Crippen LogP contribution in [0.5, 0.6) is 17.2 Å². The number of hydrogen-bond donors (Lipinski definition) is 1. The Balaban J connectivity index is 1.76. The Morgan fingerprint density at radius 1 is 1.00 bits per heavy atom. The van der Waals surface area contributed by atoms with Gasteiger partial charge in [-0.2, -0.15) is 0 Å². The van der Waals surface area contributed by atoms with Crippen LogP contribution in [-0.2, 0) is 14.8 Å². The van der Waals surface area contributed by atoms with Gasteiger partial charge in [0.15, 0.2) is 11.5 Å². The Kier molecular flexibility index (Phi) is 7.15. The molecule has 0 aliphatic rings. The topological polar surface area (TPSA) is 120 Å². The van der Waals surface area contributed by atoms with Crippen molar-refractivity contribution in [1.29, 1.82) is 0 Å². The van der Waals surface area contributed by atoms with Crippen LogP contribution in [0.4, 0.5) is 10.8 Å². The van der Waals surface area contributed by atoms with Gasteiger partial charge in [0.1, 0.15) is 17.3 Å². The molecule has 170 valence electrons. The molecular weight excluding hydrogens is 456 g/mol. The molecular formula is C20H22N4O6S2. The third kappa shape index (κ3) is 5.45. The largest absolute Gasteiger partial charge is 0.497 e. The van der Waals surface area contributed by atoms with Gasteiger partial charge in [-0.05, 0) is 36.4 Å². The lowest BCUT2D eigenvalue weighted by Crippen LogP contribution is -2.37. The maximum Gasteiger partial charge on any atom is 0.246 e. The van der Waals surface area contributed by atoms with Crippen LogP contribution in [0.3, 0.4) is 0 Å². The fourth-order valence-electron chi connectivity index (χ4n) is 2.79. The van der Waals surface area contributed by atoms with Crippen molar-refractivity contribution in [3.05, 3.63) is 42.5 Å². The summed E-state index contributed by atoms with van der Waals surface area (Å²) in [5.41, 5.74) is 1.07. The second-order valence-electron chi connectivity index (χ2n) is 6.50. The zero-order valence-electron chi connectivity index (χ0n) is 17.9. The van der Waals surface area contributed by atoms with E-state index in [1.807, 2.05) is 12.1 Å². The van der Waals surface area contributed by atoms with E-state index in [-0.39, 0.29) is 10.8 Å². The van der Waals surface area contributed by atoms with Gasteiger partial charge in [-0.3, -0.25) is 14.4 Å². The minimum Gasteiger partial charge on any atom is -0.497 e. The van der Waals surface area contributed by atoms with Gasteiger partial charge in [-0.1, -0.05) is 11.3 Å². The molecule has 1 heterocycles. The lowest BCUT2D eigenvalue weighted by atomic mass is 10.2. The fourth-order valence-corrected chi connectivity index (χ4v) is 4.41. The molecule has 2 aromatic carbocycles. The smallest absolute Gasteiger partial charge is 0.246 e. The summed E-state index contributed by atoms with van der Waals surface area (Å²) in [4.78, 5) is 12.6. The third-order valence-electron chi connectivity index (χ3n) is 4.35. The van der Waals surface area contributed by atoms with Crippen molar-refractivity contribution >= 4 is 38.1 Å². The molecule has 1 amide bonds. The number of nitrogens with one attached hydrogen (secondary N) is 1. The van der Waals surface area contributed by atoms with Crippen LogP contribution in [0, 0.1) is 0 Å². The van der Waals surface area contributed by atoms with Crippen molar-refractivity contribution in [2.24, 2.45) is 0 Å². The first kappa shape index (κ1) is 23.3. The molecule has 1 N–H and O–H groups in total. The van der Waals surface area contributed by atoms with E-state index in [0.717, 1.165) is 16.1 Å². The maximum atomic E-state index is 12.6. The van der Waals surface area contributed by atoms with Crippen molar-refractivity contribution < 1.29 is 27.4 Å². The molecule has 3 rings (SSSR count). The van der Waals surface area contributed by atoms with E-state index in [1.165, 1.54) is 37.7 Å². The van der Waals surface area contributed by atoms with E-state index in [9.17, 15) is 13.2 Å². The van der Waals surface area contributed by atoms with Crippen LogP contribution in [-0.4, -0.2) is 58.7 Å². The molecule has 1 aromatic heterocycles. The van der Waals surface area contributed by atoms with Crippen molar-refractivity contribution in [3.8, 4) is 27.8 Å². The number of methoxy groups -OCH3 is 3. The third-order valence-corrected chi connectivity index (χ3v) is 6.38. The van der Waals surface area contributed by atoms with Crippen molar-refractivity contribution in [2.45, 2.75) is 0 Å². The number of anilines is 2. The number of rotatable bonds is 9. The fraction of sp³-hybridized carbons (Fsp3) is 0.250. The minimum absolute atomic E-state index is 0.251. The number of ether oxygens (including phenoxy) is 3. The molecule has 12 heteroatoms. The molecule has 10 nitrogen and oxygen atoms in total. The van der Waals surface area contributed by atoms with Crippen molar-refractivity contribution in [2.75, 3.05) is 43.8 Å². The number of nitrogens with zero attached hydrogens (tertiary/aromatic N) is 3. The molecule has 0 aliphatic heterocycles. The average molecular weight is 479 g/mol. The molecule has 3 aromatic rings. The van der Waals surface area contributed by atoms with Crippen molar-refractivity contribution in [1.82, 2.24) is 10.2 Å². The van der Waals surface area contributed by atoms with E-state index in [2.05, 4.69) is 15.5 Å². The molecule has 0 unspecified atom stereocenters. The van der Waals surface area contributed by atoms with Gasteiger partial charge in [0.2, 0.25) is 21.1 Å². The summed E-state index contributed by atoms with van der Waals surface area (Å²) in [6.07, 6.45) is 1.02. The summed E-state index contributed by atoms with van der Waals surface area (Å²) in [7, 11) is 0.729. The van der Waals surface area contributed by atoms with Crippen LogP contribution in [0.25, 0.3) is 10.6 Å². The first-order chi connectivity index (χ1) is 15.2. The highest BCUT2D eigenvalue weighted by atomic mass is 32.2. The van der Waals surface area contributed by atoms with Gasteiger partial charge in [0.05, 0.1) is 33.3 Å². The van der Waals surface area contributed by atoms with Gasteiger partial charge in [-0.15, -0.1) is 10.2 Å². The van der Waals surface area contributed by atoms with Gasteiger partial charge in [0.25, 0.3) is 0 Å². The number of amides is 1. The summed E-state index contributed by atoms with van der Waals surface area (Å²) in [6, 6.07) is 11.8. The Bertz CT molecular complexity index is 1200. The number of carbonyl (C=O) groups is 1. The predicted molar refractivity (Wildman–Crippen MR) is 122 cm³/mol. The number of benzene rings is 2. The predicted octanol–water partition coefficient (Wildman–Crippen LogP) is 2.64. The number of carbonyl (C=O) groups excluding carboxylic acids is 1. The van der Waals surface area contributed by atoms with Gasteiger partial charge >= 0.3 is 0 Å². The number of sulfonamides is 1. The van der Waals surface area contributed by atoms with Crippen molar-refractivity contribution in [3.63, 3.8) is 0 Å². The van der Waals surface area contributed by atoms with E-state index in [1.54, 1.807) is 25.3 Å². The lowest BCUT2D eigenvalue weighted by molar-refractivity contribution is -0.114. The standard InChI is InChI=1S/C20H22N4O6S2/c1-28-15-8-5-13(6-9-15)19-22-23-20(31-19)21-18(25)12-24(32(4,26)27)14-7-10-16(29-2)17(11-14)30-3/h5-11H,12H2,1-4H3,(H,21,23,25). The van der Waals surface area contributed by atoms with Crippen LogP contribution in [0.15, 0.2) is 42.5 Å². The molecule has 0 bridgehead atoms. The number of aromatic nitrogens is 2. The van der Waals surface area contributed by atoms with Gasteiger partial charge in [0, 0.05) is 11.6 Å². The summed E-state index contributed by atoms with van der Waals surface area (Å²) in [6.45, 7) is -0.453. The molecule has 0 aliphatic carbocycles. The molecule has 0 atom stereocenters. The second-order valence-corrected chi connectivity index (χ2v) is 9.38. The van der Waals surface area contributed by atoms with Crippen LogP contribution in [0.2, 0.25) is 0 Å². The Morgan fingerprint density at radius 3 is 2.28 bits per heavy atom.